The van der Waals surface area contributed by atoms with Gasteiger partial charge < -0.3 is 0 Å². The van der Waals surface area contributed by atoms with Crippen molar-refractivity contribution in [2.24, 2.45) is 5.92 Å². The van der Waals surface area contributed by atoms with Crippen molar-refractivity contribution in [3.63, 3.8) is 0 Å². The molecule has 0 unspecified atom stereocenters. The van der Waals surface area contributed by atoms with Crippen LogP contribution in [0, 0.1) is 5.92 Å². The van der Waals surface area contributed by atoms with Gasteiger partial charge in [-0.15, -0.1) is 24.0 Å². The molecule has 6 heavy (non-hydrogen) atoms. The van der Waals surface area contributed by atoms with Crippen LogP contribution in [-0.4, -0.2) is 0 Å². The van der Waals surface area contributed by atoms with Gasteiger partial charge in [0.25, 0.3) is 0 Å². The monoisotopic (exact) mass is 198 g/mol. The van der Waals surface area contributed by atoms with Gasteiger partial charge >= 0.3 is 0 Å². The molecule has 1 heteroatoms. The highest BCUT2D eigenvalue weighted by Crippen LogP contribution is 2.24. The molecular formula is C5H11I. The van der Waals surface area contributed by atoms with Crippen LogP contribution in [-0.2, 0) is 0 Å². The number of hydrogen-bond acceptors (Lipinski definition) is 0. The van der Waals surface area contributed by atoms with E-state index in [0.29, 0.717) is 0 Å². The van der Waals surface area contributed by atoms with Crippen molar-refractivity contribution < 1.29 is 0 Å². The minimum absolute atomic E-state index is 0. The molecule has 1 aliphatic carbocycles. The van der Waals surface area contributed by atoms with E-state index in [9.17, 15) is 0 Å². The summed E-state index contributed by atoms with van der Waals surface area (Å²) in [4.78, 5) is 0. The molecule has 0 aromatic heterocycles. The highest BCUT2D eigenvalue weighted by atomic mass is 127. The van der Waals surface area contributed by atoms with Gasteiger partial charge in [0.15, 0.2) is 0 Å². The third-order valence-corrected chi connectivity index (χ3v) is 1.39. The van der Waals surface area contributed by atoms with E-state index in [1.54, 1.807) is 0 Å². The quantitative estimate of drug-likeness (QED) is 0.524. The molecule has 1 fully saturated rings. The van der Waals surface area contributed by atoms with Crippen molar-refractivity contribution in [2.45, 2.75) is 26.2 Å². The fourth-order valence-corrected chi connectivity index (χ4v) is 0.612. The van der Waals surface area contributed by atoms with Crippen LogP contribution in [0.5, 0.6) is 0 Å². The van der Waals surface area contributed by atoms with E-state index in [1.807, 2.05) is 0 Å². The van der Waals surface area contributed by atoms with E-state index in [2.05, 4.69) is 6.92 Å². The summed E-state index contributed by atoms with van der Waals surface area (Å²) in [7, 11) is 0. The fourth-order valence-electron chi connectivity index (χ4n) is 0.612. The van der Waals surface area contributed by atoms with Crippen LogP contribution < -0.4 is 0 Å². The second kappa shape index (κ2) is 2.83. The van der Waals surface area contributed by atoms with Crippen LogP contribution >= 0.6 is 24.0 Å². The van der Waals surface area contributed by atoms with E-state index in [1.165, 1.54) is 19.3 Å². The van der Waals surface area contributed by atoms with Crippen molar-refractivity contribution >= 4 is 24.0 Å². The molecule has 38 valence electrons. The van der Waals surface area contributed by atoms with Gasteiger partial charge in [-0.25, -0.2) is 0 Å². The average Bonchev–Trinajstić information content (AvgIpc) is 1.30. The summed E-state index contributed by atoms with van der Waals surface area (Å²) in [6, 6.07) is 0. The maximum atomic E-state index is 2.31. The van der Waals surface area contributed by atoms with E-state index >= 15 is 0 Å². The van der Waals surface area contributed by atoms with Crippen LogP contribution in [0.15, 0.2) is 0 Å². The zero-order valence-corrected chi connectivity index (χ0v) is 6.44. The first-order valence-corrected chi connectivity index (χ1v) is 2.39. The number of hydrogen-bond donors (Lipinski definition) is 0. The molecule has 1 aliphatic rings. The fraction of sp³-hybridized carbons (Fsp3) is 1.00. The Bertz CT molecular complexity index is 30.9. The SMILES string of the molecule is CC1CCC1.I. The van der Waals surface area contributed by atoms with Crippen LogP contribution in [0.3, 0.4) is 0 Å². The molecule has 0 saturated heterocycles. The lowest BCUT2D eigenvalue weighted by Crippen LogP contribution is -2.04. The van der Waals surface area contributed by atoms with Crippen molar-refractivity contribution in [2.75, 3.05) is 0 Å². The molecule has 0 aromatic carbocycles. The van der Waals surface area contributed by atoms with E-state index in [-0.39, 0.29) is 24.0 Å². The molecule has 0 spiro atoms. The van der Waals surface area contributed by atoms with Crippen LogP contribution in [0.2, 0.25) is 0 Å². The molecule has 1 saturated carbocycles. The van der Waals surface area contributed by atoms with Gasteiger partial charge in [0.2, 0.25) is 0 Å². The Morgan fingerprint density at radius 3 is 1.67 bits per heavy atom. The van der Waals surface area contributed by atoms with Gasteiger partial charge in [-0.2, -0.15) is 0 Å². The summed E-state index contributed by atoms with van der Waals surface area (Å²) in [5, 5.41) is 0. The minimum atomic E-state index is 0. The average molecular weight is 198 g/mol. The van der Waals surface area contributed by atoms with Crippen LogP contribution in [0.25, 0.3) is 0 Å². The van der Waals surface area contributed by atoms with E-state index in [4.69, 9.17) is 0 Å². The standard InChI is InChI=1S/C5H10.HI/c1-5-3-2-4-5;/h5H,2-4H2,1H3;1H. The van der Waals surface area contributed by atoms with Crippen LogP contribution in [0.1, 0.15) is 26.2 Å². The van der Waals surface area contributed by atoms with Gasteiger partial charge in [0.1, 0.15) is 0 Å². The van der Waals surface area contributed by atoms with Crippen molar-refractivity contribution in [3.8, 4) is 0 Å². The Morgan fingerprint density at radius 2 is 1.67 bits per heavy atom. The highest BCUT2D eigenvalue weighted by Gasteiger charge is 2.09. The Morgan fingerprint density at radius 1 is 1.33 bits per heavy atom. The summed E-state index contributed by atoms with van der Waals surface area (Å²) in [6.07, 6.45) is 4.46. The van der Waals surface area contributed by atoms with Crippen molar-refractivity contribution in [1.82, 2.24) is 0 Å². The summed E-state index contributed by atoms with van der Waals surface area (Å²) in [5.74, 6) is 1.06. The number of halogens is 1. The lowest BCUT2D eigenvalue weighted by Gasteiger charge is -2.18. The molecule has 0 heterocycles. The molecule has 0 nitrogen and oxygen atoms in total. The molecule has 0 amide bonds. The topological polar surface area (TPSA) is 0 Å². The first-order valence-electron chi connectivity index (χ1n) is 2.39. The predicted octanol–water partition coefficient (Wildman–Crippen LogP) is 2.42. The Labute approximate surface area is 56.3 Å². The zero-order chi connectivity index (χ0) is 3.70. The summed E-state index contributed by atoms with van der Waals surface area (Å²) < 4.78 is 0. The smallest absolute Gasteiger partial charge is 0.0443 e. The second-order valence-corrected chi connectivity index (χ2v) is 2.04. The third kappa shape index (κ3) is 1.45. The van der Waals surface area contributed by atoms with Gasteiger partial charge in [-0.05, 0) is 5.92 Å². The van der Waals surface area contributed by atoms with Crippen molar-refractivity contribution in [1.29, 1.82) is 0 Å². The van der Waals surface area contributed by atoms with E-state index in [0.717, 1.165) is 5.92 Å². The molecule has 0 radical (unpaired) electrons. The lowest BCUT2D eigenvalue weighted by molar-refractivity contribution is 0.346. The van der Waals surface area contributed by atoms with Gasteiger partial charge in [-0.3, -0.25) is 0 Å². The molecule has 0 bridgehead atoms. The highest BCUT2D eigenvalue weighted by molar-refractivity contribution is 14.0. The number of rotatable bonds is 0. The first kappa shape index (κ1) is 6.73. The minimum Gasteiger partial charge on any atom is -0.107 e. The molecule has 0 atom stereocenters. The second-order valence-electron chi connectivity index (χ2n) is 2.04. The lowest BCUT2D eigenvalue weighted by atomic mass is 9.88. The molecule has 0 aliphatic heterocycles. The maximum Gasteiger partial charge on any atom is -0.0443 e. The van der Waals surface area contributed by atoms with Crippen molar-refractivity contribution in [3.05, 3.63) is 0 Å². The molecule has 0 N–H and O–H groups in total. The predicted molar refractivity (Wildman–Crippen MR) is 38.4 cm³/mol. The maximum absolute atomic E-state index is 2.31. The summed E-state index contributed by atoms with van der Waals surface area (Å²) in [5.41, 5.74) is 0. The normalized spacial score (nSPS) is 21.5. The van der Waals surface area contributed by atoms with Gasteiger partial charge in [-0.1, -0.05) is 26.2 Å². The van der Waals surface area contributed by atoms with Gasteiger partial charge in [0, 0.05) is 0 Å². The third-order valence-electron chi connectivity index (χ3n) is 1.39. The first-order chi connectivity index (χ1) is 2.39. The summed E-state index contributed by atoms with van der Waals surface area (Å²) in [6.45, 7) is 2.31. The zero-order valence-electron chi connectivity index (χ0n) is 4.11. The Hall–Kier alpha value is 0.730. The van der Waals surface area contributed by atoms with Crippen LogP contribution in [0.4, 0.5) is 0 Å². The molecular weight excluding hydrogens is 187 g/mol. The molecule has 0 aromatic rings. The largest absolute Gasteiger partial charge is 0.107 e. The van der Waals surface area contributed by atoms with Gasteiger partial charge in [0.05, 0.1) is 0 Å². The molecule has 1 rings (SSSR count). The Balaban J connectivity index is 0.000000250. The summed E-state index contributed by atoms with van der Waals surface area (Å²) >= 11 is 0. The Kier molecular flexibility index (Phi) is 3.17. The van der Waals surface area contributed by atoms with E-state index < -0.39 is 0 Å².